The van der Waals surface area contributed by atoms with Gasteiger partial charge in [0.05, 0.1) is 6.20 Å². The number of pyridine rings is 2. The van der Waals surface area contributed by atoms with Crippen LogP contribution >= 0.6 is 0 Å². The minimum Gasteiger partial charge on any atom is -1.00 e. The SMILES string of the molecule is C=Cc1ccc[n+](-c2ccccn2)c1CCCCCCCCCCCCCc1ccccc1.[Cl-]. The van der Waals surface area contributed by atoms with Crippen LogP contribution in [0, 0.1) is 0 Å². The van der Waals surface area contributed by atoms with Crippen LogP contribution in [0.2, 0.25) is 0 Å². The van der Waals surface area contributed by atoms with Crippen LogP contribution in [0.25, 0.3) is 11.9 Å². The Morgan fingerprint density at radius 1 is 0.647 bits per heavy atom. The Balaban J connectivity index is 0.00000408. The summed E-state index contributed by atoms with van der Waals surface area (Å²) in [5, 5.41) is 0. The third kappa shape index (κ3) is 9.81. The molecular formula is C31H41ClN2. The number of aryl methyl sites for hydroxylation is 1. The van der Waals surface area contributed by atoms with Crippen molar-refractivity contribution >= 4 is 6.08 Å². The Kier molecular flexibility index (Phi) is 13.9. The maximum Gasteiger partial charge on any atom is 0.327 e. The van der Waals surface area contributed by atoms with Gasteiger partial charge in [-0.2, -0.15) is 4.57 Å². The number of hydrogen-bond acceptors (Lipinski definition) is 1. The summed E-state index contributed by atoms with van der Waals surface area (Å²) < 4.78 is 2.22. The number of halogens is 1. The highest BCUT2D eigenvalue weighted by atomic mass is 35.5. The van der Waals surface area contributed by atoms with Crippen LogP contribution in [0.5, 0.6) is 0 Å². The summed E-state index contributed by atoms with van der Waals surface area (Å²) in [5.41, 5.74) is 4.02. The summed E-state index contributed by atoms with van der Waals surface area (Å²) in [7, 11) is 0. The number of aromatic nitrogens is 2. The number of rotatable bonds is 16. The zero-order chi connectivity index (χ0) is 23.0. The first-order chi connectivity index (χ1) is 16.4. The van der Waals surface area contributed by atoms with E-state index in [2.05, 4.69) is 70.9 Å². The standard InChI is InChI=1S/C31H41N2.ClH/c1-2-29-23-19-27-33(31-25-17-18-26-32-31)30(29)24-16-11-9-7-5-3-4-6-8-10-13-20-28-21-14-12-15-22-28;/h2,12,14-15,17-19,21-23,25-27H,1,3-11,13,16,20,24H2;1H/q+1;/p-1. The molecule has 2 nitrogen and oxygen atoms in total. The van der Waals surface area contributed by atoms with Crippen molar-refractivity contribution in [1.29, 1.82) is 0 Å². The Morgan fingerprint density at radius 2 is 1.24 bits per heavy atom. The zero-order valence-electron chi connectivity index (χ0n) is 20.7. The fourth-order valence-corrected chi connectivity index (χ4v) is 4.58. The molecule has 34 heavy (non-hydrogen) atoms. The maximum atomic E-state index is 4.54. The molecule has 0 aliphatic rings. The number of unbranched alkanes of at least 4 members (excludes halogenated alkanes) is 10. The molecule has 0 fully saturated rings. The van der Waals surface area contributed by atoms with E-state index in [1.165, 1.54) is 93.9 Å². The molecule has 3 rings (SSSR count). The fourth-order valence-electron chi connectivity index (χ4n) is 4.58. The van der Waals surface area contributed by atoms with Gasteiger partial charge in [0.2, 0.25) is 0 Å². The van der Waals surface area contributed by atoms with Gasteiger partial charge in [0.1, 0.15) is 11.9 Å². The molecule has 0 spiro atoms. The molecule has 0 radical (unpaired) electrons. The van der Waals surface area contributed by atoms with Gasteiger partial charge in [-0.25, -0.2) is 0 Å². The lowest BCUT2D eigenvalue weighted by molar-refractivity contribution is -0.608. The lowest BCUT2D eigenvalue weighted by Gasteiger charge is -2.09. The van der Waals surface area contributed by atoms with E-state index in [1.807, 2.05) is 24.4 Å². The van der Waals surface area contributed by atoms with E-state index >= 15 is 0 Å². The van der Waals surface area contributed by atoms with Crippen LogP contribution in [0.1, 0.15) is 87.4 Å². The van der Waals surface area contributed by atoms with Crippen LogP contribution in [-0.4, -0.2) is 4.98 Å². The lowest BCUT2D eigenvalue weighted by atomic mass is 10.0. The Bertz CT molecular complexity index is 925. The first kappa shape index (κ1) is 27.8. The molecule has 0 unspecified atom stereocenters. The first-order valence-electron chi connectivity index (χ1n) is 13.0. The van der Waals surface area contributed by atoms with Crippen LogP contribution in [0.15, 0.2) is 79.6 Å². The van der Waals surface area contributed by atoms with Crippen LogP contribution in [0.3, 0.4) is 0 Å². The molecule has 3 aromatic rings. The molecule has 0 saturated heterocycles. The Morgan fingerprint density at radius 3 is 1.82 bits per heavy atom. The van der Waals surface area contributed by atoms with E-state index in [1.54, 1.807) is 0 Å². The second-order valence-corrected chi connectivity index (χ2v) is 9.05. The summed E-state index contributed by atoms with van der Waals surface area (Å²) in [5.74, 6) is 0.983. The topological polar surface area (TPSA) is 16.8 Å². The van der Waals surface area contributed by atoms with Gasteiger partial charge in [-0.05, 0) is 48.0 Å². The molecule has 3 heteroatoms. The fraction of sp³-hybridized carbons (Fsp3) is 0.419. The van der Waals surface area contributed by atoms with Crippen molar-refractivity contribution in [3.8, 4) is 5.82 Å². The van der Waals surface area contributed by atoms with Crippen molar-refractivity contribution < 1.29 is 17.0 Å². The second kappa shape index (κ2) is 17.1. The van der Waals surface area contributed by atoms with Gasteiger partial charge in [-0.1, -0.05) is 107 Å². The largest absolute Gasteiger partial charge is 1.00 e. The van der Waals surface area contributed by atoms with Crippen LogP contribution in [0.4, 0.5) is 0 Å². The molecule has 182 valence electrons. The quantitative estimate of drug-likeness (QED) is 0.208. The molecule has 0 aliphatic carbocycles. The minimum absolute atomic E-state index is 0. The van der Waals surface area contributed by atoms with Gasteiger partial charge in [0, 0.05) is 18.1 Å². The Labute approximate surface area is 213 Å². The van der Waals surface area contributed by atoms with Crippen molar-refractivity contribution in [3.63, 3.8) is 0 Å². The third-order valence-electron chi connectivity index (χ3n) is 6.47. The molecular weight excluding hydrogens is 436 g/mol. The molecule has 0 amide bonds. The van der Waals surface area contributed by atoms with Crippen LogP contribution < -0.4 is 17.0 Å². The van der Waals surface area contributed by atoms with Crippen molar-refractivity contribution in [2.45, 2.75) is 83.5 Å². The molecule has 1 aromatic carbocycles. The summed E-state index contributed by atoms with van der Waals surface area (Å²) in [6.45, 7) is 4.02. The molecule has 0 bridgehead atoms. The van der Waals surface area contributed by atoms with Crippen molar-refractivity contribution in [3.05, 3.63) is 96.5 Å². The molecule has 0 N–H and O–H groups in total. The van der Waals surface area contributed by atoms with E-state index in [9.17, 15) is 0 Å². The monoisotopic (exact) mass is 476 g/mol. The van der Waals surface area contributed by atoms with Gasteiger partial charge in [-0.15, -0.1) is 0 Å². The number of nitrogens with zero attached hydrogens (tertiary/aromatic N) is 2. The van der Waals surface area contributed by atoms with Crippen molar-refractivity contribution in [2.24, 2.45) is 0 Å². The molecule has 0 aliphatic heterocycles. The summed E-state index contributed by atoms with van der Waals surface area (Å²) in [6, 6.07) is 21.2. The highest BCUT2D eigenvalue weighted by Crippen LogP contribution is 2.15. The summed E-state index contributed by atoms with van der Waals surface area (Å²) >= 11 is 0. The van der Waals surface area contributed by atoms with E-state index in [0.717, 1.165) is 12.2 Å². The molecule has 0 atom stereocenters. The Hall–Kier alpha value is -2.45. The van der Waals surface area contributed by atoms with Gasteiger partial charge in [-0.3, -0.25) is 0 Å². The zero-order valence-corrected chi connectivity index (χ0v) is 21.4. The van der Waals surface area contributed by atoms with Gasteiger partial charge in [0.15, 0.2) is 0 Å². The number of benzene rings is 1. The summed E-state index contributed by atoms with van der Waals surface area (Å²) in [4.78, 5) is 4.54. The van der Waals surface area contributed by atoms with Crippen LogP contribution in [-0.2, 0) is 12.8 Å². The van der Waals surface area contributed by atoms with E-state index < -0.39 is 0 Å². The van der Waals surface area contributed by atoms with Gasteiger partial charge < -0.3 is 12.4 Å². The first-order valence-corrected chi connectivity index (χ1v) is 13.0. The highest BCUT2D eigenvalue weighted by Gasteiger charge is 2.14. The van der Waals surface area contributed by atoms with E-state index in [-0.39, 0.29) is 12.4 Å². The smallest absolute Gasteiger partial charge is 0.327 e. The normalized spacial score (nSPS) is 10.6. The van der Waals surface area contributed by atoms with Gasteiger partial charge >= 0.3 is 5.82 Å². The second-order valence-electron chi connectivity index (χ2n) is 9.05. The summed E-state index contributed by atoms with van der Waals surface area (Å²) in [6.07, 6.45) is 23.2. The third-order valence-corrected chi connectivity index (χ3v) is 6.47. The number of hydrogen-bond donors (Lipinski definition) is 0. The molecule has 2 heterocycles. The molecule has 2 aromatic heterocycles. The highest BCUT2D eigenvalue weighted by molar-refractivity contribution is 5.48. The average molecular weight is 477 g/mol. The average Bonchev–Trinajstić information content (AvgIpc) is 2.88. The van der Waals surface area contributed by atoms with Crippen molar-refractivity contribution in [2.75, 3.05) is 0 Å². The lowest BCUT2D eigenvalue weighted by Crippen LogP contribution is -3.00. The van der Waals surface area contributed by atoms with Crippen molar-refractivity contribution in [1.82, 2.24) is 4.98 Å². The predicted molar refractivity (Wildman–Crippen MR) is 140 cm³/mol. The van der Waals surface area contributed by atoms with E-state index in [4.69, 9.17) is 0 Å². The predicted octanol–water partition coefficient (Wildman–Crippen LogP) is 5.08. The molecule has 0 saturated carbocycles. The minimum atomic E-state index is 0. The van der Waals surface area contributed by atoms with Gasteiger partial charge in [0.25, 0.3) is 0 Å². The van der Waals surface area contributed by atoms with E-state index in [0.29, 0.717) is 0 Å². The maximum absolute atomic E-state index is 4.54.